The Morgan fingerprint density at radius 3 is 2.29 bits per heavy atom. The fourth-order valence-electron chi connectivity index (χ4n) is 2.87. The van der Waals surface area contributed by atoms with Crippen LogP contribution in [0.4, 0.5) is 0 Å². The summed E-state index contributed by atoms with van der Waals surface area (Å²) in [6.45, 7) is 0. The largest absolute Gasteiger partial charge is 0.454 e. The van der Waals surface area contributed by atoms with Crippen LogP contribution in [0.5, 0.6) is 0 Å². The van der Waals surface area contributed by atoms with Crippen LogP contribution in [0, 0.1) is 0 Å². The summed E-state index contributed by atoms with van der Waals surface area (Å²) >= 11 is 0. The highest BCUT2D eigenvalue weighted by atomic mass is 16.3. The summed E-state index contributed by atoms with van der Waals surface area (Å²) < 4.78 is 6.01. The minimum atomic E-state index is 0.812. The molecule has 0 N–H and O–H groups in total. The monoisotopic (exact) mass is 270 g/mol. The molecule has 0 aliphatic rings. The lowest BCUT2D eigenvalue weighted by atomic mass is 10.1. The smallest absolute Gasteiger partial charge is 0.163 e. The zero-order valence-electron chi connectivity index (χ0n) is 11.1. The number of hydrogen-bond acceptors (Lipinski definition) is 3. The average molecular weight is 270 g/mol. The molecule has 2 aromatic heterocycles. The molecule has 21 heavy (non-hydrogen) atoms. The van der Waals surface area contributed by atoms with E-state index in [-0.39, 0.29) is 0 Å². The Kier molecular flexibility index (Phi) is 1.95. The Morgan fingerprint density at radius 2 is 1.38 bits per heavy atom. The zero-order chi connectivity index (χ0) is 13.8. The maximum atomic E-state index is 6.01. The van der Waals surface area contributed by atoms with E-state index in [9.17, 15) is 0 Å². The predicted octanol–water partition coefficient (Wildman–Crippen LogP) is 4.68. The highest BCUT2D eigenvalue weighted by Crippen LogP contribution is 2.33. The minimum Gasteiger partial charge on any atom is -0.454 e. The van der Waals surface area contributed by atoms with Crippen LogP contribution in [0.1, 0.15) is 0 Å². The molecule has 3 aromatic carbocycles. The van der Waals surface area contributed by atoms with Gasteiger partial charge in [-0.3, -0.25) is 0 Å². The first-order chi connectivity index (χ1) is 10.4. The van der Waals surface area contributed by atoms with E-state index in [2.05, 4.69) is 17.1 Å². The van der Waals surface area contributed by atoms with Gasteiger partial charge in [0.25, 0.3) is 0 Å². The summed E-state index contributed by atoms with van der Waals surface area (Å²) in [7, 11) is 0. The Labute approximate surface area is 119 Å². The van der Waals surface area contributed by atoms with Crippen LogP contribution >= 0.6 is 0 Å². The lowest BCUT2D eigenvalue weighted by Gasteiger charge is -2.00. The second kappa shape index (κ2) is 3.79. The molecule has 0 radical (unpaired) electrons. The van der Waals surface area contributed by atoms with Crippen molar-refractivity contribution in [1.82, 2.24) is 9.97 Å². The zero-order valence-corrected chi connectivity index (χ0v) is 11.1. The maximum absolute atomic E-state index is 6.01. The van der Waals surface area contributed by atoms with Crippen LogP contribution in [0.3, 0.4) is 0 Å². The highest BCUT2D eigenvalue weighted by Gasteiger charge is 2.12. The molecule has 0 saturated carbocycles. The number of hydrogen-bond donors (Lipinski definition) is 0. The van der Waals surface area contributed by atoms with Crippen molar-refractivity contribution >= 4 is 44.0 Å². The van der Waals surface area contributed by atoms with Gasteiger partial charge in [0.15, 0.2) is 5.58 Å². The molecular weight excluding hydrogens is 260 g/mol. The van der Waals surface area contributed by atoms with Crippen molar-refractivity contribution in [2.24, 2.45) is 0 Å². The Hall–Kier alpha value is -2.94. The number of rotatable bonds is 0. The van der Waals surface area contributed by atoms with Crippen molar-refractivity contribution in [1.29, 1.82) is 0 Å². The van der Waals surface area contributed by atoms with Crippen LogP contribution < -0.4 is 0 Å². The van der Waals surface area contributed by atoms with Gasteiger partial charge in [-0.1, -0.05) is 30.3 Å². The molecule has 0 spiro atoms. The molecule has 0 unspecified atom stereocenters. The van der Waals surface area contributed by atoms with E-state index in [4.69, 9.17) is 9.40 Å². The molecule has 0 aliphatic heterocycles. The molecule has 0 bridgehead atoms. The first-order valence-electron chi connectivity index (χ1n) is 6.87. The maximum Gasteiger partial charge on any atom is 0.163 e. The molecule has 0 atom stereocenters. The Balaban J connectivity index is 2.05. The molecule has 0 saturated heterocycles. The average Bonchev–Trinajstić information content (AvgIpc) is 2.92. The lowest BCUT2D eigenvalue weighted by Crippen LogP contribution is -1.87. The number of nitrogens with zero attached hydrogens (tertiary/aromatic N) is 2. The van der Waals surface area contributed by atoms with Gasteiger partial charge in [0.2, 0.25) is 0 Å². The standard InChI is InChI=1S/C18H10N2O/c1-4-8-16-11(5-1)12-9-10-15-17(18(12)21-16)20-14-7-3-2-6-13(14)19-15/h1-10H. The third-order valence-corrected chi connectivity index (χ3v) is 3.85. The van der Waals surface area contributed by atoms with Crippen LogP contribution in [0.15, 0.2) is 65.1 Å². The Bertz CT molecular complexity index is 1140. The van der Waals surface area contributed by atoms with E-state index < -0.39 is 0 Å². The van der Waals surface area contributed by atoms with Gasteiger partial charge in [-0.2, -0.15) is 0 Å². The summed E-state index contributed by atoms with van der Waals surface area (Å²) in [5.41, 5.74) is 5.17. The van der Waals surface area contributed by atoms with E-state index in [1.54, 1.807) is 0 Å². The summed E-state index contributed by atoms with van der Waals surface area (Å²) in [4.78, 5) is 9.42. The van der Waals surface area contributed by atoms with Crippen LogP contribution in [-0.2, 0) is 0 Å². The Morgan fingerprint density at radius 1 is 0.619 bits per heavy atom. The van der Waals surface area contributed by atoms with Gasteiger partial charge in [-0.15, -0.1) is 0 Å². The van der Waals surface area contributed by atoms with E-state index in [0.29, 0.717) is 0 Å². The number of benzene rings is 3. The first kappa shape index (κ1) is 10.8. The summed E-state index contributed by atoms with van der Waals surface area (Å²) in [5.74, 6) is 0. The van der Waals surface area contributed by atoms with Gasteiger partial charge < -0.3 is 4.42 Å². The molecule has 3 nitrogen and oxygen atoms in total. The third-order valence-electron chi connectivity index (χ3n) is 3.85. The number of aromatic nitrogens is 2. The van der Waals surface area contributed by atoms with Crippen molar-refractivity contribution < 1.29 is 4.42 Å². The van der Waals surface area contributed by atoms with Gasteiger partial charge in [0.05, 0.1) is 16.6 Å². The predicted molar refractivity (Wildman–Crippen MR) is 84.3 cm³/mol. The van der Waals surface area contributed by atoms with Crippen LogP contribution in [-0.4, -0.2) is 9.97 Å². The molecule has 2 heterocycles. The number of fused-ring (bicyclic) bond motifs is 6. The highest BCUT2D eigenvalue weighted by molar-refractivity contribution is 6.13. The van der Waals surface area contributed by atoms with Crippen molar-refractivity contribution in [3.05, 3.63) is 60.7 Å². The SMILES string of the molecule is c1ccc2nc3c(ccc4c5ccccc5oc43)nc2c1. The molecule has 0 fully saturated rings. The third kappa shape index (κ3) is 1.43. The fraction of sp³-hybridized carbons (Fsp3) is 0. The van der Waals surface area contributed by atoms with Crippen molar-refractivity contribution in [2.75, 3.05) is 0 Å². The molecule has 98 valence electrons. The van der Waals surface area contributed by atoms with Gasteiger partial charge >= 0.3 is 0 Å². The minimum absolute atomic E-state index is 0.812. The topological polar surface area (TPSA) is 38.9 Å². The van der Waals surface area contributed by atoms with E-state index >= 15 is 0 Å². The van der Waals surface area contributed by atoms with Crippen molar-refractivity contribution in [3.63, 3.8) is 0 Å². The van der Waals surface area contributed by atoms with Crippen LogP contribution in [0.25, 0.3) is 44.0 Å². The number of para-hydroxylation sites is 3. The molecule has 0 aliphatic carbocycles. The van der Waals surface area contributed by atoms with E-state index in [1.807, 2.05) is 48.5 Å². The van der Waals surface area contributed by atoms with Crippen molar-refractivity contribution in [3.8, 4) is 0 Å². The molecule has 0 amide bonds. The summed E-state index contributed by atoms with van der Waals surface area (Å²) in [6.07, 6.45) is 0. The molecule has 3 heteroatoms. The fourth-order valence-corrected chi connectivity index (χ4v) is 2.87. The lowest BCUT2D eigenvalue weighted by molar-refractivity contribution is 0.671. The van der Waals surface area contributed by atoms with E-state index in [1.165, 1.54) is 0 Å². The van der Waals surface area contributed by atoms with Gasteiger partial charge in [-0.25, -0.2) is 9.97 Å². The van der Waals surface area contributed by atoms with E-state index in [0.717, 1.165) is 44.0 Å². The van der Waals surface area contributed by atoms with Gasteiger partial charge in [0, 0.05) is 10.8 Å². The normalized spacial score (nSPS) is 11.8. The quantitative estimate of drug-likeness (QED) is 0.383. The molecule has 5 rings (SSSR count). The second-order valence-corrected chi connectivity index (χ2v) is 5.12. The molecular formula is C18H10N2O. The van der Waals surface area contributed by atoms with Gasteiger partial charge in [-0.05, 0) is 30.3 Å². The first-order valence-corrected chi connectivity index (χ1v) is 6.87. The molecule has 5 aromatic rings. The van der Waals surface area contributed by atoms with Gasteiger partial charge in [0.1, 0.15) is 11.1 Å². The summed E-state index contributed by atoms with van der Waals surface area (Å²) in [6, 6.07) is 20.0. The summed E-state index contributed by atoms with van der Waals surface area (Å²) in [5, 5.41) is 2.20. The number of furan rings is 1. The van der Waals surface area contributed by atoms with Crippen LogP contribution in [0.2, 0.25) is 0 Å². The van der Waals surface area contributed by atoms with Crippen molar-refractivity contribution in [2.45, 2.75) is 0 Å². The second-order valence-electron chi connectivity index (χ2n) is 5.12.